The normalized spacial score (nSPS) is 10.8. The molecular formula is C15H12O5. The molecule has 0 aliphatic heterocycles. The quantitative estimate of drug-likeness (QED) is 0.508. The van der Waals surface area contributed by atoms with Crippen LogP contribution in [0.5, 0.6) is 17.2 Å². The standard InChI is InChI=1S/C15H12O5/c16-11-4-6-13(17)10(8-11)3-1-9-2-5-14(18)12(7-9)15(19)20/h1-8,16-18H,(H,19,20). The lowest BCUT2D eigenvalue weighted by molar-refractivity contribution is 0.0693. The molecule has 0 saturated carbocycles. The lowest BCUT2D eigenvalue weighted by Crippen LogP contribution is -1.96. The molecule has 0 aliphatic rings. The Morgan fingerprint density at radius 3 is 2.30 bits per heavy atom. The smallest absolute Gasteiger partial charge is 0.339 e. The van der Waals surface area contributed by atoms with Gasteiger partial charge in [0.25, 0.3) is 0 Å². The first kappa shape index (κ1) is 13.5. The van der Waals surface area contributed by atoms with Crippen molar-refractivity contribution in [3.63, 3.8) is 0 Å². The minimum Gasteiger partial charge on any atom is -0.508 e. The highest BCUT2D eigenvalue weighted by Gasteiger charge is 2.09. The highest BCUT2D eigenvalue weighted by Crippen LogP contribution is 2.25. The molecule has 0 heterocycles. The summed E-state index contributed by atoms with van der Waals surface area (Å²) >= 11 is 0. The topological polar surface area (TPSA) is 98.0 Å². The molecule has 5 nitrogen and oxygen atoms in total. The first-order valence-electron chi connectivity index (χ1n) is 5.74. The number of aromatic hydroxyl groups is 3. The van der Waals surface area contributed by atoms with Crippen LogP contribution < -0.4 is 0 Å². The number of rotatable bonds is 3. The maximum absolute atomic E-state index is 10.9. The summed E-state index contributed by atoms with van der Waals surface area (Å²) in [6.07, 6.45) is 3.10. The first-order chi connectivity index (χ1) is 9.47. The zero-order valence-corrected chi connectivity index (χ0v) is 10.3. The number of benzene rings is 2. The van der Waals surface area contributed by atoms with Gasteiger partial charge in [0.2, 0.25) is 0 Å². The molecule has 20 heavy (non-hydrogen) atoms. The monoisotopic (exact) mass is 272 g/mol. The van der Waals surface area contributed by atoms with Gasteiger partial charge in [-0.15, -0.1) is 0 Å². The fraction of sp³-hybridized carbons (Fsp3) is 0. The van der Waals surface area contributed by atoms with Crippen molar-refractivity contribution >= 4 is 18.1 Å². The SMILES string of the molecule is O=C(O)c1cc(C=Cc2cc(O)ccc2O)ccc1O. The van der Waals surface area contributed by atoms with Crippen molar-refractivity contribution in [3.8, 4) is 17.2 Å². The van der Waals surface area contributed by atoms with Gasteiger partial charge in [-0.3, -0.25) is 0 Å². The predicted molar refractivity (Wildman–Crippen MR) is 73.8 cm³/mol. The molecule has 2 aromatic rings. The van der Waals surface area contributed by atoms with Gasteiger partial charge in [0, 0.05) is 5.56 Å². The molecule has 2 rings (SSSR count). The maximum atomic E-state index is 10.9. The fourth-order valence-corrected chi connectivity index (χ4v) is 1.69. The molecule has 0 bridgehead atoms. The molecule has 0 aliphatic carbocycles. The van der Waals surface area contributed by atoms with Crippen LogP contribution in [0.2, 0.25) is 0 Å². The molecule has 0 amide bonds. The van der Waals surface area contributed by atoms with Gasteiger partial charge in [0.15, 0.2) is 0 Å². The van der Waals surface area contributed by atoms with Crippen molar-refractivity contribution in [3.05, 3.63) is 53.1 Å². The van der Waals surface area contributed by atoms with Crippen LogP contribution in [0.1, 0.15) is 21.5 Å². The average Bonchev–Trinajstić information content (AvgIpc) is 2.41. The molecule has 0 saturated heterocycles. The summed E-state index contributed by atoms with van der Waals surface area (Å²) < 4.78 is 0. The highest BCUT2D eigenvalue weighted by molar-refractivity contribution is 5.92. The molecule has 0 radical (unpaired) electrons. The number of carboxylic acids is 1. The van der Waals surface area contributed by atoms with Crippen molar-refractivity contribution in [1.29, 1.82) is 0 Å². The van der Waals surface area contributed by atoms with Crippen LogP contribution in [0.3, 0.4) is 0 Å². The van der Waals surface area contributed by atoms with Gasteiger partial charge >= 0.3 is 5.97 Å². The van der Waals surface area contributed by atoms with Crippen molar-refractivity contribution < 1.29 is 25.2 Å². The lowest BCUT2D eigenvalue weighted by Gasteiger charge is -2.02. The van der Waals surface area contributed by atoms with Crippen molar-refractivity contribution in [2.45, 2.75) is 0 Å². The Morgan fingerprint density at radius 2 is 1.60 bits per heavy atom. The largest absolute Gasteiger partial charge is 0.508 e. The number of hydrogen-bond acceptors (Lipinski definition) is 4. The van der Waals surface area contributed by atoms with Gasteiger partial charge in [-0.05, 0) is 35.9 Å². The molecule has 0 fully saturated rings. The summed E-state index contributed by atoms with van der Waals surface area (Å²) in [7, 11) is 0. The fourth-order valence-electron chi connectivity index (χ4n) is 1.69. The van der Waals surface area contributed by atoms with Crippen molar-refractivity contribution in [1.82, 2.24) is 0 Å². The summed E-state index contributed by atoms with van der Waals surface area (Å²) in [6.45, 7) is 0. The zero-order valence-electron chi connectivity index (χ0n) is 10.3. The number of aromatic carboxylic acids is 1. The van der Waals surface area contributed by atoms with Gasteiger partial charge in [-0.1, -0.05) is 18.2 Å². The summed E-state index contributed by atoms with van der Waals surface area (Å²) in [5.74, 6) is -1.52. The first-order valence-corrected chi connectivity index (χ1v) is 5.74. The van der Waals surface area contributed by atoms with E-state index < -0.39 is 5.97 Å². The Balaban J connectivity index is 2.34. The van der Waals surface area contributed by atoms with Gasteiger partial charge < -0.3 is 20.4 Å². The number of phenols is 3. The van der Waals surface area contributed by atoms with E-state index in [1.807, 2.05) is 0 Å². The van der Waals surface area contributed by atoms with E-state index in [4.69, 9.17) is 5.11 Å². The van der Waals surface area contributed by atoms with Gasteiger partial charge in [-0.2, -0.15) is 0 Å². The van der Waals surface area contributed by atoms with E-state index in [1.54, 1.807) is 6.08 Å². The highest BCUT2D eigenvalue weighted by atomic mass is 16.4. The van der Waals surface area contributed by atoms with Gasteiger partial charge in [-0.25, -0.2) is 4.79 Å². The van der Waals surface area contributed by atoms with E-state index in [0.717, 1.165) is 0 Å². The van der Waals surface area contributed by atoms with Crippen LogP contribution in [0, 0.1) is 0 Å². The van der Waals surface area contributed by atoms with E-state index in [-0.39, 0.29) is 22.8 Å². The molecule has 0 spiro atoms. The van der Waals surface area contributed by atoms with E-state index in [9.17, 15) is 20.1 Å². The van der Waals surface area contributed by atoms with E-state index in [0.29, 0.717) is 11.1 Å². The zero-order chi connectivity index (χ0) is 14.7. The van der Waals surface area contributed by atoms with E-state index >= 15 is 0 Å². The minimum absolute atomic E-state index is 0.00344. The third kappa shape index (κ3) is 2.89. The number of carbonyl (C=O) groups is 1. The molecule has 0 aromatic heterocycles. The van der Waals surface area contributed by atoms with Crippen LogP contribution in [0.4, 0.5) is 0 Å². The average molecular weight is 272 g/mol. The number of carboxylic acid groups (broad SMARTS) is 1. The minimum atomic E-state index is -1.22. The van der Waals surface area contributed by atoms with Crippen LogP contribution >= 0.6 is 0 Å². The van der Waals surface area contributed by atoms with Crippen LogP contribution in [-0.2, 0) is 0 Å². The number of phenolic OH excluding ortho intramolecular Hbond substituents is 2. The Hall–Kier alpha value is -2.95. The molecule has 0 unspecified atom stereocenters. The summed E-state index contributed by atoms with van der Waals surface area (Å²) in [6, 6.07) is 8.23. The summed E-state index contributed by atoms with van der Waals surface area (Å²) in [5.41, 5.74) is 0.741. The third-order valence-corrected chi connectivity index (χ3v) is 2.72. The van der Waals surface area contributed by atoms with Crippen LogP contribution in [0.25, 0.3) is 12.2 Å². The van der Waals surface area contributed by atoms with E-state index in [2.05, 4.69) is 0 Å². The predicted octanol–water partition coefficient (Wildman–Crippen LogP) is 2.67. The molecular weight excluding hydrogens is 260 g/mol. The lowest BCUT2D eigenvalue weighted by atomic mass is 10.1. The second kappa shape index (κ2) is 5.36. The molecule has 4 N–H and O–H groups in total. The van der Waals surface area contributed by atoms with Gasteiger partial charge in [0.1, 0.15) is 22.8 Å². The molecule has 2 aromatic carbocycles. The Bertz CT molecular complexity index is 689. The Morgan fingerprint density at radius 1 is 0.900 bits per heavy atom. The second-order valence-electron chi connectivity index (χ2n) is 4.16. The summed E-state index contributed by atoms with van der Waals surface area (Å²) in [4.78, 5) is 10.9. The van der Waals surface area contributed by atoms with Gasteiger partial charge in [0.05, 0.1) is 0 Å². The Kier molecular flexibility index (Phi) is 3.61. The molecule has 5 heteroatoms. The van der Waals surface area contributed by atoms with Crippen LogP contribution in [0.15, 0.2) is 36.4 Å². The number of hydrogen-bond donors (Lipinski definition) is 4. The summed E-state index contributed by atoms with van der Waals surface area (Å²) in [5, 5.41) is 37.2. The van der Waals surface area contributed by atoms with Crippen molar-refractivity contribution in [2.75, 3.05) is 0 Å². The van der Waals surface area contributed by atoms with E-state index in [1.165, 1.54) is 42.5 Å². The van der Waals surface area contributed by atoms with Crippen LogP contribution in [-0.4, -0.2) is 26.4 Å². The third-order valence-electron chi connectivity index (χ3n) is 2.72. The molecule has 102 valence electrons. The van der Waals surface area contributed by atoms with Crippen molar-refractivity contribution in [2.24, 2.45) is 0 Å². The Labute approximate surface area is 114 Å². The second-order valence-corrected chi connectivity index (χ2v) is 4.16. The maximum Gasteiger partial charge on any atom is 0.339 e. The molecule has 0 atom stereocenters.